The number of nitrogens with one attached hydrogen (secondary N) is 2. The maximum atomic E-state index is 13.0. The van der Waals surface area contributed by atoms with Gasteiger partial charge in [0, 0.05) is 19.6 Å². The van der Waals surface area contributed by atoms with Crippen LogP contribution >= 0.6 is 0 Å². The summed E-state index contributed by atoms with van der Waals surface area (Å²) in [6.07, 6.45) is 1.10. The molecule has 3 amide bonds. The van der Waals surface area contributed by atoms with E-state index in [9.17, 15) is 14.4 Å². The van der Waals surface area contributed by atoms with Crippen molar-refractivity contribution in [3.8, 4) is 0 Å². The highest BCUT2D eigenvalue weighted by Crippen LogP contribution is 2.31. The topological polar surface area (TPSA) is 97.0 Å². The molecular formula is C28H37N3O5. The maximum absolute atomic E-state index is 13.0. The van der Waals surface area contributed by atoms with E-state index in [1.54, 1.807) is 11.8 Å². The van der Waals surface area contributed by atoms with E-state index in [1.165, 1.54) is 0 Å². The van der Waals surface area contributed by atoms with E-state index in [0.717, 1.165) is 23.1 Å². The van der Waals surface area contributed by atoms with E-state index < -0.39 is 23.3 Å². The summed E-state index contributed by atoms with van der Waals surface area (Å²) in [5.41, 5.74) is 1.43. The van der Waals surface area contributed by atoms with Crippen LogP contribution in [-0.4, -0.2) is 47.2 Å². The largest absolute Gasteiger partial charge is 0.445 e. The second kappa shape index (κ2) is 11.9. The van der Waals surface area contributed by atoms with E-state index in [0.29, 0.717) is 32.5 Å². The fourth-order valence-electron chi connectivity index (χ4n) is 4.09. The van der Waals surface area contributed by atoms with E-state index in [1.807, 2.05) is 75.4 Å². The van der Waals surface area contributed by atoms with Crippen LogP contribution in [0.3, 0.4) is 0 Å². The molecule has 194 valence electrons. The second-order valence-corrected chi connectivity index (χ2v) is 10.2. The van der Waals surface area contributed by atoms with Gasteiger partial charge in [0.25, 0.3) is 0 Å². The lowest BCUT2D eigenvalue weighted by Crippen LogP contribution is -2.56. The van der Waals surface area contributed by atoms with Crippen molar-refractivity contribution < 1.29 is 23.9 Å². The molecule has 0 radical (unpaired) electrons. The molecule has 0 spiro atoms. The van der Waals surface area contributed by atoms with Gasteiger partial charge in [-0.1, -0.05) is 54.6 Å². The zero-order valence-corrected chi connectivity index (χ0v) is 21.6. The zero-order valence-electron chi connectivity index (χ0n) is 21.6. The Bertz CT molecular complexity index is 1030. The minimum absolute atomic E-state index is 0.166. The third-order valence-corrected chi connectivity index (χ3v) is 6.12. The molecule has 0 bridgehead atoms. The second-order valence-electron chi connectivity index (χ2n) is 10.2. The molecule has 0 aliphatic carbocycles. The van der Waals surface area contributed by atoms with Crippen molar-refractivity contribution in [3.63, 3.8) is 0 Å². The van der Waals surface area contributed by atoms with Crippen LogP contribution in [0.25, 0.3) is 0 Å². The Morgan fingerprint density at radius 3 is 2.28 bits per heavy atom. The summed E-state index contributed by atoms with van der Waals surface area (Å²) >= 11 is 0. The molecule has 8 nitrogen and oxygen atoms in total. The Hall–Kier alpha value is -3.55. The van der Waals surface area contributed by atoms with Gasteiger partial charge in [0.1, 0.15) is 17.7 Å². The predicted octanol–water partition coefficient (Wildman–Crippen LogP) is 4.56. The van der Waals surface area contributed by atoms with Gasteiger partial charge in [-0.3, -0.25) is 9.69 Å². The minimum atomic E-state index is -0.910. The van der Waals surface area contributed by atoms with Crippen LogP contribution in [0.15, 0.2) is 54.6 Å². The number of carbonyl (C=O) groups is 3. The van der Waals surface area contributed by atoms with Crippen LogP contribution in [-0.2, 0) is 33.8 Å². The Morgan fingerprint density at radius 1 is 0.944 bits per heavy atom. The molecule has 3 rings (SSSR count). The molecule has 1 fully saturated rings. The normalized spacial score (nSPS) is 17.4. The molecule has 0 saturated carbocycles. The fraction of sp³-hybridized carbons (Fsp3) is 0.464. The standard InChI is InChI=1S/C28H37N3O5/c1-27(2,3)36-26(34)31-18-8-16-28(31,4)24(32)29-17-15-21-11-13-22(14-12-21)19-30-25(33)35-20-23-9-6-5-7-10-23/h5-7,9-14H,8,15-20H2,1-4H3,(H,29,32)(H,30,33)/t28-/m0/s1. The van der Waals surface area contributed by atoms with Crippen molar-refractivity contribution in [2.24, 2.45) is 0 Å². The average Bonchev–Trinajstić information content (AvgIpc) is 3.25. The first-order chi connectivity index (χ1) is 17.1. The number of nitrogens with zero attached hydrogens (tertiary/aromatic N) is 1. The summed E-state index contributed by atoms with van der Waals surface area (Å²) in [4.78, 5) is 39.0. The average molecular weight is 496 g/mol. The summed E-state index contributed by atoms with van der Waals surface area (Å²) in [6.45, 7) is 8.81. The van der Waals surface area contributed by atoms with Gasteiger partial charge < -0.3 is 20.1 Å². The molecule has 0 aromatic heterocycles. The van der Waals surface area contributed by atoms with Crippen LogP contribution in [0.5, 0.6) is 0 Å². The highest BCUT2D eigenvalue weighted by Gasteiger charge is 2.47. The first-order valence-electron chi connectivity index (χ1n) is 12.4. The van der Waals surface area contributed by atoms with Crippen molar-refractivity contribution >= 4 is 18.1 Å². The third-order valence-electron chi connectivity index (χ3n) is 6.12. The number of ether oxygens (including phenoxy) is 2. The molecule has 36 heavy (non-hydrogen) atoms. The van der Waals surface area contributed by atoms with Crippen molar-refractivity contribution in [2.45, 2.75) is 71.2 Å². The van der Waals surface area contributed by atoms with Gasteiger partial charge in [-0.05, 0) is 63.6 Å². The molecular weight excluding hydrogens is 458 g/mol. The number of likely N-dealkylation sites (tertiary alicyclic amines) is 1. The highest BCUT2D eigenvalue weighted by molar-refractivity contribution is 5.90. The van der Waals surface area contributed by atoms with Crippen LogP contribution in [0.2, 0.25) is 0 Å². The molecule has 8 heteroatoms. The van der Waals surface area contributed by atoms with Crippen molar-refractivity contribution in [1.29, 1.82) is 0 Å². The molecule has 1 aliphatic rings. The summed E-state index contributed by atoms with van der Waals surface area (Å²) in [5, 5.41) is 5.73. The Labute approximate surface area is 213 Å². The van der Waals surface area contributed by atoms with Gasteiger partial charge in [-0.2, -0.15) is 0 Å². The summed E-state index contributed by atoms with van der Waals surface area (Å²) in [7, 11) is 0. The minimum Gasteiger partial charge on any atom is -0.445 e. The number of hydrogen-bond donors (Lipinski definition) is 2. The lowest BCUT2D eigenvalue weighted by molar-refractivity contribution is -0.130. The summed E-state index contributed by atoms with van der Waals surface area (Å²) in [6, 6.07) is 17.4. The molecule has 2 N–H and O–H groups in total. The molecule has 1 saturated heterocycles. The Balaban J connectivity index is 1.41. The fourth-order valence-corrected chi connectivity index (χ4v) is 4.09. The quantitative estimate of drug-likeness (QED) is 0.560. The van der Waals surface area contributed by atoms with E-state index in [4.69, 9.17) is 9.47 Å². The zero-order chi connectivity index (χ0) is 26.2. The summed E-state index contributed by atoms with van der Waals surface area (Å²) < 4.78 is 10.7. The van der Waals surface area contributed by atoms with Gasteiger partial charge in [-0.15, -0.1) is 0 Å². The van der Waals surface area contributed by atoms with Crippen LogP contribution in [0, 0.1) is 0 Å². The molecule has 0 unspecified atom stereocenters. The maximum Gasteiger partial charge on any atom is 0.411 e. The lowest BCUT2D eigenvalue weighted by Gasteiger charge is -2.35. The number of alkyl carbamates (subject to hydrolysis) is 1. The first-order valence-corrected chi connectivity index (χ1v) is 12.4. The number of hydrogen-bond acceptors (Lipinski definition) is 5. The first kappa shape index (κ1) is 27.0. The van der Waals surface area contributed by atoms with Crippen LogP contribution in [0.1, 0.15) is 57.2 Å². The van der Waals surface area contributed by atoms with Gasteiger partial charge >= 0.3 is 12.2 Å². The molecule has 2 aromatic rings. The highest BCUT2D eigenvalue weighted by atomic mass is 16.6. The monoisotopic (exact) mass is 495 g/mol. The summed E-state index contributed by atoms with van der Waals surface area (Å²) in [5.74, 6) is -0.166. The van der Waals surface area contributed by atoms with E-state index in [2.05, 4.69) is 10.6 Å². The van der Waals surface area contributed by atoms with E-state index >= 15 is 0 Å². The van der Waals surface area contributed by atoms with Gasteiger partial charge in [-0.25, -0.2) is 9.59 Å². The number of rotatable bonds is 8. The lowest BCUT2D eigenvalue weighted by atomic mass is 9.97. The van der Waals surface area contributed by atoms with Crippen LogP contribution in [0.4, 0.5) is 9.59 Å². The predicted molar refractivity (Wildman–Crippen MR) is 137 cm³/mol. The Kier molecular flexibility index (Phi) is 8.96. The molecule has 1 atom stereocenters. The molecule has 1 aliphatic heterocycles. The van der Waals surface area contributed by atoms with Gasteiger partial charge in [0.05, 0.1) is 0 Å². The van der Waals surface area contributed by atoms with Crippen molar-refractivity contribution in [3.05, 3.63) is 71.3 Å². The Morgan fingerprint density at radius 2 is 1.61 bits per heavy atom. The van der Waals surface area contributed by atoms with Crippen molar-refractivity contribution in [1.82, 2.24) is 15.5 Å². The number of carbonyl (C=O) groups excluding carboxylic acids is 3. The number of benzene rings is 2. The molecule has 1 heterocycles. The SMILES string of the molecule is CC(C)(C)OC(=O)N1CCC[C@@]1(C)C(=O)NCCc1ccc(CNC(=O)OCc2ccccc2)cc1. The smallest absolute Gasteiger partial charge is 0.411 e. The van der Waals surface area contributed by atoms with Crippen molar-refractivity contribution in [2.75, 3.05) is 13.1 Å². The van der Waals surface area contributed by atoms with Gasteiger partial charge in [0.2, 0.25) is 5.91 Å². The van der Waals surface area contributed by atoms with Crippen LogP contribution < -0.4 is 10.6 Å². The van der Waals surface area contributed by atoms with E-state index in [-0.39, 0.29) is 12.5 Å². The van der Waals surface area contributed by atoms with Gasteiger partial charge in [0.15, 0.2) is 0 Å². The molecule has 2 aromatic carbocycles. The third kappa shape index (κ3) is 7.73. The number of amides is 3.